The van der Waals surface area contributed by atoms with E-state index in [9.17, 15) is 4.79 Å². The standard InChI is InChI=1S/C20H19N5O/c1-24-19(20(26)22-21)11-17(23-24)16-13-25(12-14-7-3-2-4-8-14)18-10-6-5-9-15(16)18/h2-11,13H,12,21H2,1H3,(H,22,26). The molecule has 0 radical (unpaired) electrons. The number of nitrogens with one attached hydrogen (secondary N) is 1. The third-order valence-corrected chi connectivity index (χ3v) is 4.50. The Labute approximate surface area is 150 Å². The molecule has 0 unspecified atom stereocenters. The molecule has 4 rings (SSSR count). The van der Waals surface area contributed by atoms with Crippen molar-refractivity contribution in [2.45, 2.75) is 6.54 Å². The van der Waals surface area contributed by atoms with E-state index >= 15 is 0 Å². The maximum atomic E-state index is 11.9. The molecule has 0 aliphatic carbocycles. The van der Waals surface area contributed by atoms with Crippen LogP contribution in [0.1, 0.15) is 16.1 Å². The molecular formula is C20H19N5O. The lowest BCUT2D eigenvalue weighted by Crippen LogP contribution is -2.31. The molecule has 0 aliphatic rings. The largest absolute Gasteiger partial charge is 0.342 e. The number of hydrazine groups is 1. The highest BCUT2D eigenvalue weighted by atomic mass is 16.2. The summed E-state index contributed by atoms with van der Waals surface area (Å²) in [6.07, 6.45) is 2.09. The fourth-order valence-electron chi connectivity index (χ4n) is 3.25. The number of carbonyl (C=O) groups is 1. The minimum absolute atomic E-state index is 0.362. The fourth-order valence-corrected chi connectivity index (χ4v) is 3.25. The van der Waals surface area contributed by atoms with E-state index in [1.54, 1.807) is 17.8 Å². The van der Waals surface area contributed by atoms with Crippen molar-refractivity contribution in [3.63, 3.8) is 0 Å². The van der Waals surface area contributed by atoms with E-state index in [0.29, 0.717) is 5.69 Å². The number of nitrogens with two attached hydrogens (primary N) is 1. The highest BCUT2D eigenvalue weighted by molar-refractivity contribution is 5.98. The van der Waals surface area contributed by atoms with Crippen LogP contribution < -0.4 is 11.3 Å². The molecule has 0 spiro atoms. The minimum atomic E-state index is -0.362. The molecule has 2 aromatic heterocycles. The molecule has 0 saturated heterocycles. The predicted molar refractivity (Wildman–Crippen MR) is 101 cm³/mol. The van der Waals surface area contributed by atoms with Gasteiger partial charge in [-0.2, -0.15) is 5.10 Å². The van der Waals surface area contributed by atoms with Gasteiger partial charge in [-0.25, -0.2) is 5.84 Å². The first-order valence-corrected chi connectivity index (χ1v) is 8.34. The predicted octanol–water partition coefficient (Wildman–Crippen LogP) is 2.69. The van der Waals surface area contributed by atoms with Gasteiger partial charge in [-0.05, 0) is 17.7 Å². The lowest BCUT2D eigenvalue weighted by molar-refractivity contribution is 0.0944. The summed E-state index contributed by atoms with van der Waals surface area (Å²) in [6.45, 7) is 0.768. The average molecular weight is 345 g/mol. The molecule has 0 aliphatic heterocycles. The van der Waals surface area contributed by atoms with Crippen LogP contribution in [0.25, 0.3) is 22.2 Å². The van der Waals surface area contributed by atoms with Crippen LogP contribution in [-0.2, 0) is 13.6 Å². The summed E-state index contributed by atoms with van der Waals surface area (Å²) in [5, 5.41) is 5.61. The van der Waals surface area contributed by atoms with Crippen molar-refractivity contribution >= 4 is 16.8 Å². The van der Waals surface area contributed by atoms with Crippen molar-refractivity contribution in [3.8, 4) is 11.3 Å². The quantitative estimate of drug-likeness (QED) is 0.339. The summed E-state index contributed by atoms with van der Waals surface area (Å²) in [5.74, 6) is 4.89. The Morgan fingerprint density at radius 2 is 1.85 bits per heavy atom. The van der Waals surface area contributed by atoms with Crippen molar-refractivity contribution in [1.82, 2.24) is 19.8 Å². The van der Waals surface area contributed by atoms with E-state index in [4.69, 9.17) is 5.84 Å². The summed E-state index contributed by atoms with van der Waals surface area (Å²) in [5.41, 5.74) is 6.66. The van der Waals surface area contributed by atoms with Gasteiger partial charge in [0.15, 0.2) is 0 Å². The number of benzene rings is 2. The second-order valence-electron chi connectivity index (χ2n) is 6.19. The first kappa shape index (κ1) is 16.1. The van der Waals surface area contributed by atoms with Crippen LogP contribution in [-0.4, -0.2) is 20.3 Å². The van der Waals surface area contributed by atoms with Crippen molar-refractivity contribution in [2.24, 2.45) is 12.9 Å². The van der Waals surface area contributed by atoms with Crippen molar-refractivity contribution in [3.05, 3.63) is 78.1 Å². The summed E-state index contributed by atoms with van der Waals surface area (Å²) >= 11 is 0. The number of nitrogen functional groups attached to an aromatic ring is 1. The van der Waals surface area contributed by atoms with E-state index in [2.05, 4.69) is 45.6 Å². The zero-order valence-corrected chi connectivity index (χ0v) is 14.4. The Hall–Kier alpha value is -3.38. The van der Waals surface area contributed by atoms with Gasteiger partial charge in [0.2, 0.25) is 0 Å². The average Bonchev–Trinajstić information content (AvgIpc) is 3.23. The Kier molecular flexibility index (Phi) is 4.02. The van der Waals surface area contributed by atoms with Crippen molar-refractivity contribution < 1.29 is 4.79 Å². The molecular weight excluding hydrogens is 326 g/mol. The number of nitrogens with zero attached hydrogens (tertiary/aromatic N) is 3. The number of carbonyl (C=O) groups excluding carboxylic acids is 1. The van der Waals surface area contributed by atoms with Gasteiger partial charge in [-0.15, -0.1) is 0 Å². The number of rotatable bonds is 4. The molecule has 3 N–H and O–H groups in total. The van der Waals surface area contributed by atoms with Gasteiger partial charge in [0.1, 0.15) is 5.69 Å². The molecule has 2 heterocycles. The molecule has 26 heavy (non-hydrogen) atoms. The number of para-hydroxylation sites is 1. The Bertz CT molecular complexity index is 1080. The first-order valence-electron chi connectivity index (χ1n) is 8.34. The summed E-state index contributed by atoms with van der Waals surface area (Å²) in [7, 11) is 1.73. The molecule has 4 aromatic rings. The van der Waals surface area contributed by atoms with Crippen LogP contribution in [0.5, 0.6) is 0 Å². The third kappa shape index (κ3) is 2.76. The van der Waals surface area contributed by atoms with Gasteiger partial charge in [-0.1, -0.05) is 48.5 Å². The highest BCUT2D eigenvalue weighted by Gasteiger charge is 2.17. The number of hydrogen-bond donors (Lipinski definition) is 2. The number of aryl methyl sites for hydroxylation is 1. The SMILES string of the molecule is Cn1nc(-c2cn(Cc3ccccc3)c3ccccc23)cc1C(=O)NN. The zero-order valence-electron chi connectivity index (χ0n) is 14.4. The summed E-state index contributed by atoms with van der Waals surface area (Å²) in [4.78, 5) is 11.9. The van der Waals surface area contributed by atoms with E-state index in [0.717, 1.165) is 28.7 Å². The van der Waals surface area contributed by atoms with Crippen LogP contribution in [0.4, 0.5) is 0 Å². The molecule has 130 valence electrons. The van der Waals surface area contributed by atoms with Crippen LogP contribution >= 0.6 is 0 Å². The number of aromatic nitrogens is 3. The van der Waals surface area contributed by atoms with Crippen molar-refractivity contribution in [1.29, 1.82) is 0 Å². The molecule has 1 amide bonds. The van der Waals surface area contributed by atoms with Crippen LogP contribution in [0.2, 0.25) is 0 Å². The van der Waals surface area contributed by atoms with Crippen LogP contribution in [0.3, 0.4) is 0 Å². The molecule has 0 bridgehead atoms. The maximum absolute atomic E-state index is 11.9. The first-order chi connectivity index (χ1) is 12.7. The monoisotopic (exact) mass is 345 g/mol. The van der Waals surface area contributed by atoms with Gasteiger partial charge < -0.3 is 4.57 Å². The van der Waals surface area contributed by atoms with E-state index < -0.39 is 0 Å². The Balaban J connectivity index is 1.83. The van der Waals surface area contributed by atoms with Crippen LogP contribution in [0.15, 0.2) is 66.9 Å². The molecule has 6 heteroatoms. The number of fused-ring (bicyclic) bond motifs is 1. The van der Waals surface area contributed by atoms with Crippen LogP contribution in [0, 0.1) is 0 Å². The Morgan fingerprint density at radius 1 is 1.12 bits per heavy atom. The summed E-state index contributed by atoms with van der Waals surface area (Å²) < 4.78 is 3.75. The highest BCUT2D eigenvalue weighted by Crippen LogP contribution is 2.30. The van der Waals surface area contributed by atoms with Gasteiger partial charge in [0.25, 0.3) is 5.91 Å². The number of amides is 1. The molecule has 2 aromatic carbocycles. The molecule has 0 saturated carbocycles. The van der Waals surface area contributed by atoms with Gasteiger partial charge >= 0.3 is 0 Å². The molecule has 0 atom stereocenters. The molecule has 0 fully saturated rings. The normalized spacial score (nSPS) is 11.0. The minimum Gasteiger partial charge on any atom is -0.342 e. The lowest BCUT2D eigenvalue weighted by Gasteiger charge is -2.05. The van der Waals surface area contributed by atoms with Crippen molar-refractivity contribution in [2.75, 3.05) is 0 Å². The second kappa shape index (κ2) is 6.50. The van der Waals surface area contributed by atoms with E-state index in [1.165, 1.54) is 5.56 Å². The van der Waals surface area contributed by atoms with Gasteiger partial charge in [0.05, 0.1) is 5.69 Å². The lowest BCUT2D eigenvalue weighted by atomic mass is 10.1. The summed E-state index contributed by atoms with van der Waals surface area (Å²) in [6, 6.07) is 20.3. The number of hydrogen-bond acceptors (Lipinski definition) is 3. The third-order valence-electron chi connectivity index (χ3n) is 4.50. The van der Waals surface area contributed by atoms with Gasteiger partial charge in [0, 0.05) is 36.3 Å². The molecule has 6 nitrogen and oxygen atoms in total. The zero-order chi connectivity index (χ0) is 18.1. The van der Waals surface area contributed by atoms with E-state index in [1.807, 2.05) is 30.3 Å². The second-order valence-corrected chi connectivity index (χ2v) is 6.19. The van der Waals surface area contributed by atoms with E-state index in [-0.39, 0.29) is 5.91 Å². The fraction of sp³-hybridized carbons (Fsp3) is 0.100. The Morgan fingerprint density at radius 3 is 2.62 bits per heavy atom. The smallest absolute Gasteiger partial charge is 0.283 e. The topological polar surface area (TPSA) is 77.9 Å². The van der Waals surface area contributed by atoms with Gasteiger partial charge in [-0.3, -0.25) is 14.9 Å². The maximum Gasteiger partial charge on any atom is 0.283 e.